The van der Waals surface area contributed by atoms with Crippen molar-refractivity contribution in [3.8, 4) is 5.75 Å². The smallest absolute Gasteiger partial charge is 0.328 e. The number of hydrogen-bond donors (Lipinski definition) is 0. The molecule has 162 valence electrons. The van der Waals surface area contributed by atoms with Crippen LogP contribution in [0.5, 0.6) is 5.75 Å². The van der Waals surface area contributed by atoms with Crippen LogP contribution in [0.4, 0.5) is 0 Å². The second-order valence-corrected chi connectivity index (χ2v) is 9.36. The van der Waals surface area contributed by atoms with Crippen molar-refractivity contribution in [2.75, 3.05) is 20.3 Å². The maximum Gasteiger partial charge on any atom is 0.328 e. The number of amides is 1. The molecule has 0 saturated carbocycles. The van der Waals surface area contributed by atoms with E-state index in [1.165, 1.54) is 0 Å². The molecule has 2 atom stereocenters. The van der Waals surface area contributed by atoms with E-state index in [0.29, 0.717) is 19.6 Å². The van der Waals surface area contributed by atoms with Crippen LogP contribution in [0.1, 0.15) is 58.4 Å². The predicted molar refractivity (Wildman–Crippen MR) is 119 cm³/mol. The van der Waals surface area contributed by atoms with Gasteiger partial charge in [-0.2, -0.15) is 0 Å². The van der Waals surface area contributed by atoms with Crippen molar-refractivity contribution in [1.82, 2.24) is 4.90 Å². The van der Waals surface area contributed by atoms with Gasteiger partial charge >= 0.3 is 5.97 Å². The van der Waals surface area contributed by atoms with Gasteiger partial charge in [-0.15, -0.1) is 0 Å². The molecule has 0 aliphatic carbocycles. The van der Waals surface area contributed by atoms with Gasteiger partial charge in [0, 0.05) is 6.54 Å². The number of likely N-dealkylation sites (tertiary alicyclic amines) is 1. The topological polar surface area (TPSA) is 55.8 Å². The van der Waals surface area contributed by atoms with Gasteiger partial charge in [-0.25, -0.2) is 4.79 Å². The van der Waals surface area contributed by atoms with Gasteiger partial charge in [0.1, 0.15) is 11.8 Å². The van der Waals surface area contributed by atoms with E-state index < -0.39 is 6.04 Å². The monoisotopic (exact) mass is 411 g/mol. The third-order valence-corrected chi connectivity index (χ3v) is 5.85. The second kappa shape index (κ2) is 9.07. The average molecular weight is 412 g/mol. The Morgan fingerprint density at radius 1 is 1.13 bits per heavy atom. The van der Waals surface area contributed by atoms with Crippen molar-refractivity contribution in [3.63, 3.8) is 0 Å². The summed E-state index contributed by atoms with van der Waals surface area (Å²) in [6.07, 6.45) is 2.30. The van der Waals surface area contributed by atoms with Gasteiger partial charge in [0.05, 0.1) is 19.6 Å². The van der Waals surface area contributed by atoms with E-state index in [2.05, 4.69) is 20.8 Å². The van der Waals surface area contributed by atoms with E-state index >= 15 is 0 Å². The van der Waals surface area contributed by atoms with Gasteiger partial charge in [-0.05, 0) is 60.1 Å². The molecule has 30 heavy (non-hydrogen) atoms. The summed E-state index contributed by atoms with van der Waals surface area (Å²) in [6.45, 7) is 9.26. The molecule has 2 aromatic rings. The summed E-state index contributed by atoms with van der Waals surface area (Å²) >= 11 is 0. The van der Waals surface area contributed by atoms with Crippen molar-refractivity contribution >= 4 is 22.6 Å². The Hall–Kier alpha value is -2.56. The lowest BCUT2D eigenvalue weighted by Crippen LogP contribution is -2.43. The second-order valence-electron chi connectivity index (χ2n) is 9.36. The summed E-state index contributed by atoms with van der Waals surface area (Å²) in [7, 11) is 1.65. The molecule has 1 aliphatic rings. The highest BCUT2D eigenvalue weighted by Gasteiger charge is 2.37. The zero-order valence-electron chi connectivity index (χ0n) is 18.7. The number of ether oxygens (including phenoxy) is 2. The molecule has 1 heterocycles. The van der Waals surface area contributed by atoms with Crippen LogP contribution in [0.2, 0.25) is 0 Å². The highest BCUT2D eigenvalue weighted by atomic mass is 16.5. The van der Waals surface area contributed by atoms with E-state index in [-0.39, 0.29) is 23.2 Å². The van der Waals surface area contributed by atoms with Crippen molar-refractivity contribution < 1.29 is 19.1 Å². The molecule has 3 rings (SSSR count). The van der Waals surface area contributed by atoms with Gasteiger partial charge in [-0.1, -0.05) is 45.0 Å². The summed E-state index contributed by atoms with van der Waals surface area (Å²) in [5.41, 5.74) is 1.06. The highest BCUT2D eigenvalue weighted by Crippen LogP contribution is 2.29. The molecule has 0 N–H and O–H groups in total. The Labute approximate surface area is 179 Å². The van der Waals surface area contributed by atoms with E-state index in [4.69, 9.17) is 9.47 Å². The molecule has 2 aromatic carbocycles. The number of rotatable bonds is 6. The lowest BCUT2D eigenvalue weighted by atomic mass is 9.93. The van der Waals surface area contributed by atoms with E-state index in [1.807, 2.05) is 43.3 Å². The third kappa shape index (κ3) is 5.13. The van der Waals surface area contributed by atoms with E-state index in [9.17, 15) is 9.59 Å². The SMILES string of the molecule is COc1ccc2cc([C@H](C)C(=O)N3CCC[C@H]3C(=O)OCCC(C)(C)C)ccc2c1. The van der Waals surface area contributed by atoms with Crippen LogP contribution in [-0.2, 0) is 14.3 Å². The van der Waals surface area contributed by atoms with Gasteiger partial charge in [0.15, 0.2) is 0 Å². The lowest BCUT2D eigenvalue weighted by molar-refractivity contribution is -0.154. The number of carbonyl (C=O) groups is 2. The van der Waals surface area contributed by atoms with Crippen molar-refractivity contribution in [3.05, 3.63) is 42.0 Å². The molecule has 0 aromatic heterocycles. The van der Waals surface area contributed by atoms with Gasteiger partial charge in [-0.3, -0.25) is 4.79 Å². The molecule has 1 fully saturated rings. The molecule has 0 unspecified atom stereocenters. The Morgan fingerprint density at radius 3 is 2.53 bits per heavy atom. The molecular formula is C25H33NO4. The van der Waals surface area contributed by atoms with Crippen LogP contribution in [0.3, 0.4) is 0 Å². The lowest BCUT2D eigenvalue weighted by Gasteiger charge is -2.27. The maximum absolute atomic E-state index is 13.2. The molecule has 1 aliphatic heterocycles. The minimum atomic E-state index is -0.468. The van der Waals surface area contributed by atoms with Crippen molar-refractivity contribution in [2.24, 2.45) is 5.41 Å². The van der Waals surface area contributed by atoms with Crippen LogP contribution in [0.25, 0.3) is 10.8 Å². The number of methoxy groups -OCH3 is 1. The van der Waals surface area contributed by atoms with Crippen LogP contribution < -0.4 is 4.74 Å². The molecule has 5 nitrogen and oxygen atoms in total. The average Bonchev–Trinajstić information content (AvgIpc) is 3.20. The standard InChI is InChI=1S/C25H33NO4/c1-17(18-8-9-20-16-21(29-5)11-10-19(20)15-18)23(27)26-13-6-7-22(26)24(28)30-14-12-25(2,3)4/h8-11,15-17,22H,6-7,12-14H2,1-5H3/t17-,22-/m0/s1. The Morgan fingerprint density at radius 2 is 1.83 bits per heavy atom. The van der Waals surface area contributed by atoms with Crippen LogP contribution >= 0.6 is 0 Å². The number of benzene rings is 2. The Bertz CT molecular complexity index is 915. The fourth-order valence-electron chi connectivity index (χ4n) is 3.86. The molecule has 0 bridgehead atoms. The Balaban J connectivity index is 1.69. The number of carbonyl (C=O) groups excluding carboxylic acids is 2. The first-order valence-corrected chi connectivity index (χ1v) is 10.7. The van der Waals surface area contributed by atoms with E-state index in [0.717, 1.165) is 34.9 Å². The zero-order chi connectivity index (χ0) is 21.9. The largest absolute Gasteiger partial charge is 0.497 e. The van der Waals surface area contributed by atoms with Crippen molar-refractivity contribution in [1.29, 1.82) is 0 Å². The van der Waals surface area contributed by atoms with Gasteiger partial charge < -0.3 is 14.4 Å². The quantitative estimate of drug-likeness (QED) is 0.633. The van der Waals surface area contributed by atoms with Crippen molar-refractivity contribution in [2.45, 2.75) is 58.9 Å². The summed E-state index contributed by atoms with van der Waals surface area (Å²) in [5.74, 6) is 0.199. The number of nitrogens with zero attached hydrogens (tertiary/aromatic N) is 1. The summed E-state index contributed by atoms with van der Waals surface area (Å²) in [4.78, 5) is 27.6. The molecular weight excluding hydrogens is 378 g/mol. The molecule has 5 heteroatoms. The number of esters is 1. The zero-order valence-corrected chi connectivity index (χ0v) is 18.7. The normalized spacial score (nSPS) is 17.8. The first kappa shape index (κ1) is 22.1. The third-order valence-electron chi connectivity index (χ3n) is 5.85. The van der Waals surface area contributed by atoms with Gasteiger partial charge in [0.25, 0.3) is 0 Å². The minimum absolute atomic E-state index is 0.0156. The molecule has 1 saturated heterocycles. The Kier molecular flexibility index (Phi) is 6.69. The van der Waals surface area contributed by atoms with Crippen LogP contribution in [0, 0.1) is 5.41 Å². The van der Waals surface area contributed by atoms with Gasteiger partial charge in [0.2, 0.25) is 5.91 Å². The predicted octanol–water partition coefficient (Wildman–Crippen LogP) is 4.92. The fraction of sp³-hybridized carbons (Fsp3) is 0.520. The number of hydrogen-bond acceptors (Lipinski definition) is 4. The highest BCUT2D eigenvalue weighted by molar-refractivity contribution is 5.91. The fourth-order valence-corrected chi connectivity index (χ4v) is 3.86. The van der Waals surface area contributed by atoms with E-state index in [1.54, 1.807) is 12.0 Å². The number of fused-ring (bicyclic) bond motifs is 1. The van der Waals surface area contributed by atoms with Crippen LogP contribution in [0.15, 0.2) is 36.4 Å². The maximum atomic E-state index is 13.2. The molecule has 0 radical (unpaired) electrons. The first-order chi connectivity index (χ1) is 14.2. The summed E-state index contributed by atoms with van der Waals surface area (Å²) < 4.78 is 10.8. The first-order valence-electron chi connectivity index (χ1n) is 10.7. The summed E-state index contributed by atoms with van der Waals surface area (Å²) in [6, 6.07) is 11.5. The minimum Gasteiger partial charge on any atom is -0.497 e. The summed E-state index contributed by atoms with van der Waals surface area (Å²) in [5, 5.41) is 2.13. The molecule has 0 spiro atoms. The van der Waals surface area contributed by atoms with Crippen LogP contribution in [-0.4, -0.2) is 43.1 Å². The molecule has 1 amide bonds.